The second-order valence-corrected chi connectivity index (χ2v) is 7.60. The van der Waals surface area contributed by atoms with Crippen molar-refractivity contribution < 1.29 is 9.59 Å². The average molecular weight is 462 g/mol. The lowest BCUT2D eigenvalue weighted by Gasteiger charge is -2.12. The van der Waals surface area contributed by atoms with Crippen molar-refractivity contribution in [3.63, 3.8) is 0 Å². The number of Topliss-reactive ketones (excluding diaryl/α,β-unsaturated/α-hetero) is 1. The first-order valence-electron chi connectivity index (χ1n) is 8.63. The number of hydrogen-bond acceptors (Lipinski definition) is 4. The molecular weight excluding hydrogens is 447 g/mol. The van der Waals surface area contributed by atoms with Crippen molar-refractivity contribution in [1.29, 1.82) is 5.41 Å². The van der Waals surface area contributed by atoms with E-state index in [1.807, 2.05) is 0 Å². The maximum absolute atomic E-state index is 12.8. The van der Waals surface area contributed by atoms with Crippen molar-refractivity contribution in [2.24, 2.45) is 5.73 Å². The van der Waals surface area contributed by atoms with Gasteiger partial charge in [0.2, 0.25) is 0 Å². The summed E-state index contributed by atoms with van der Waals surface area (Å²) in [7, 11) is 0. The second kappa shape index (κ2) is 9.26. The molecule has 0 saturated heterocycles. The minimum atomic E-state index is -0.510. The Kier molecular flexibility index (Phi) is 6.72. The molecule has 6 nitrogen and oxygen atoms in total. The minimum absolute atomic E-state index is 0.0930. The average Bonchev–Trinajstić information content (AvgIpc) is 2.71. The predicted molar refractivity (Wildman–Crippen MR) is 119 cm³/mol. The third-order valence-corrected chi connectivity index (χ3v) is 5.01. The van der Waals surface area contributed by atoms with Gasteiger partial charge in [-0.25, -0.2) is 4.98 Å². The standard InChI is InChI=1S/C21H15Cl3N4O2/c22-13-5-6-19(27-10-13)28-21(30)16-7-14(23)8-17(24)15(16)9-18(29)11-1-3-12(4-2-11)20(25)26/h1-8,10H,9H2,(H3,25,26)(H,27,28,30). The molecule has 0 unspecified atom stereocenters. The molecule has 4 N–H and O–H groups in total. The first-order chi connectivity index (χ1) is 14.2. The van der Waals surface area contributed by atoms with Gasteiger partial charge in [0.15, 0.2) is 5.78 Å². The molecule has 0 aliphatic rings. The monoisotopic (exact) mass is 460 g/mol. The summed E-state index contributed by atoms with van der Waals surface area (Å²) >= 11 is 18.2. The number of nitrogens with two attached hydrogens (primary N) is 1. The Morgan fingerprint density at radius 2 is 1.63 bits per heavy atom. The molecule has 0 radical (unpaired) electrons. The van der Waals surface area contributed by atoms with E-state index in [1.54, 1.807) is 36.4 Å². The molecule has 1 amide bonds. The van der Waals surface area contributed by atoms with Crippen LogP contribution in [0.2, 0.25) is 15.1 Å². The van der Waals surface area contributed by atoms with Gasteiger partial charge in [-0.15, -0.1) is 0 Å². The van der Waals surface area contributed by atoms with E-state index in [1.165, 1.54) is 18.3 Å². The molecule has 3 rings (SSSR count). The Labute approximate surface area is 187 Å². The van der Waals surface area contributed by atoms with Crippen LogP contribution in [-0.4, -0.2) is 22.5 Å². The molecule has 0 aliphatic carbocycles. The zero-order valence-corrected chi connectivity index (χ0v) is 17.6. The molecule has 3 aromatic rings. The fraction of sp³-hybridized carbons (Fsp3) is 0.0476. The number of nitrogens with one attached hydrogen (secondary N) is 2. The highest BCUT2D eigenvalue weighted by atomic mass is 35.5. The van der Waals surface area contributed by atoms with Gasteiger partial charge in [0, 0.05) is 39.4 Å². The second-order valence-electron chi connectivity index (χ2n) is 6.32. The van der Waals surface area contributed by atoms with Gasteiger partial charge in [-0.3, -0.25) is 15.0 Å². The Morgan fingerprint density at radius 3 is 2.23 bits per heavy atom. The number of hydrogen-bond donors (Lipinski definition) is 3. The topological polar surface area (TPSA) is 109 Å². The summed E-state index contributed by atoms with van der Waals surface area (Å²) in [6, 6.07) is 12.4. The normalized spacial score (nSPS) is 10.5. The number of nitrogen functional groups attached to an aromatic ring is 1. The first kappa shape index (κ1) is 21.8. The highest BCUT2D eigenvalue weighted by molar-refractivity contribution is 6.36. The number of benzene rings is 2. The summed E-state index contributed by atoms with van der Waals surface area (Å²) in [5, 5.41) is 11.0. The summed E-state index contributed by atoms with van der Waals surface area (Å²) in [5.41, 5.74) is 6.85. The van der Waals surface area contributed by atoms with Gasteiger partial charge in [-0.2, -0.15) is 0 Å². The zero-order valence-electron chi connectivity index (χ0n) is 15.4. The molecule has 0 fully saturated rings. The predicted octanol–water partition coefficient (Wildman–Crippen LogP) is 5.00. The molecule has 0 spiro atoms. The third kappa shape index (κ3) is 5.16. The van der Waals surface area contributed by atoms with Crippen molar-refractivity contribution in [1.82, 2.24) is 4.98 Å². The van der Waals surface area contributed by atoms with E-state index in [2.05, 4.69) is 10.3 Å². The molecule has 0 bridgehead atoms. The number of aromatic nitrogens is 1. The van der Waals surface area contributed by atoms with E-state index in [4.69, 9.17) is 45.9 Å². The SMILES string of the molecule is N=C(N)c1ccc(C(=O)Cc2c(Cl)cc(Cl)cc2C(=O)Nc2ccc(Cl)cn2)cc1. The fourth-order valence-corrected chi connectivity index (χ4v) is 3.39. The zero-order chi connectivity index (χ0) is 21.8. The van der Waals surface area contributed by atoms with Crippen molar-refractivity contribution >= 4 is 58.1 Å². The van der Waals surface area contributed by atoms with Crippen LogP contribution in [0.15, 0.2) is 54.7 Å². The fourth-order valence-electron chi connectivity index (χ4n) is 2.72. The van der Waals surface area contributed by atoms with Crippen molar-refractivity contribution in [2.45, 2.75) is 6.42 Å². The summed E-state index contributed by atoms with van der Waals surface area (Å²) < 4.78 is 0. The van der Waals surface area contributed by atoms with Crippen LogP contribution in [0.3, 0.4) is 0 Å². The number of pyridine rings is 1. The largest absolute Gasteiger partial charge is 0.384 e. The summed E-state index contributed by atoms with van der Waals surface area (Å²) in [6.07, 6.45) is 1.28. The number of ketones is 1. The Bertz CT molecular complexity index is 1130. The smallest absolute Gasteiger partial charge is 0.257 e. The lowest BCUT2D eigenvalue weighted by molar-refractivity contribution is 0.0992. The van der Waals surface area contributed by atoms with Crippen LogP contribution in [0.4, 0.5) is 5.82 Å². The highest BCUT2D eigenvalue weighted by Crippen LogP contribution is 2.28. The number of halogens is 3. The molecule has 2 aromatic carbocycles. The van der Waals surface area contributed by atoms with E-state index in [-0.39, 0.29) is 39.5 Å². The maximum atomic E-state index is 12.8. The van der Waals surface area contributed by atoms with E-state index in [0.29, 0.717) is 21.7 Å². The molecular formula is C21H15Cl3N4O2. The number of rotatable bonds is 6. The van der Waals surface area contributed by atoms with Gasteiger partial charge in [-0.05, 0) is 29.8 Å². The highest BCUT2D eigenvalue weighted by Gasteiger charge is 2.20. The van der Waals surface area contributed by atoms with Crippen LogP contribution in [-0.2, 0) is 6.42 Å². The van der Waals surface area contributed by atoms with Gasteiger partial charge >= 0.3 is 0 Å². The molecule has 1 heterocycles. The van der Waals surface area contributed by atoms with Crippen LogP contribution in [0, 0.1) is 5.41 Å². The Morgan fingerprint density at radius 1 is 0.967 bits per heavy atom. The van der Waals surface area contributed by atoms with E-state index in [0.717, 1.165) is 0 Å². The minimum Gasteiger partial charge on any atom is -0.384 e. The van der Waals surface area contributed by atoms with Gasteiger partial charge in [-0.1, -0.05) is 59.1 Å². The van der Waals surface area contributed by atoms with Crippen molar-refractivity contribution in [3.05, 3.63) is 92.0 Å². The Hall–Kier alpha value is -2.93. The first-order valence-corrected chi connectivity index (χ1v) is 9.76. The molecule has 1 aromatic heterocycles. The van der Waals surface area contributed by atoms with E-state index >= 15 is 0 Å². The summed E-state index contributed by atoms with van der Waals surface area (Å²) in [5.74, 6) is -0.570. The number of carbonyl (C=O) groups is 2. The number of nitrogens with zero attached hydrogens (tertiary/aromatic N) is 1. The number of anilines is 1. The maximum Gasteiger partial charge on any atom is 0.257 e. The molecule has 152 valence electrons. The molecule has 30 heavy (non-hydrogen) atoms. The van der Waals surface area contributed by atoms with Crippen LogP contribution in [0.5, 0.6) is 0 Å². The molecule has 9 heteroatoms. The van der Waals surface area contributed by atoms with Gasteiger partial charge in [0.25, 0.3) is 5.91 Å². The summed E-state index contributed by atoms with van der Waals surface area (Å²) in [4.78, 5) is 29.6. The number of amides is 1. The lowest BCUT2D eigenvalue weighted by Crippen LogP contribution is -2.17. The molecule has 0 saturated carbocycles. The molecule has 0 atom stereocenters. The lowest BCUT2D eigenvalue weighted by atomic mass is 9.97. The quantitative estimate of drug-likeness (QED) is 0.272. The third-order valence-electron chi connectivity index (χ3n) is 4.23. The van der Waals surface area contributed by atoms with Crippen LogP contribution < -0.4 is 11.1 Å². The van der Waals surface area contributed by atoms with Gasteiger partial charge in [0.05, 0.1) is 5.02 Å². The van der Waals surface area contributed by atoms with Gasteiger partial charge in [0.1, 0.15) is 11.7 Å². The number of carbonyl (C=O) groups excluding carboxylic acids is 2. The summed E-state index contributed by atoms with van der Waals surface area (Å²) in [6.45, 7) is 0. The van der Waals surface area contributed by atoms with E-state index < -0.39 is 5.91 Å². The van der Waals surface area contributed by atoms with Crippen LogP contribution in [0.25, 0.3) is 0 Å². The van der Waals surface area contributed by atoms with E-state index in [9.17, 15) is 9.59 Å². The Balaban J connectivity index is 1.88. The number of amidine groups is 1. The molecule has 0 aliphatic heterocycles. The van der Waals surface area contributed by atoms with Crippen LogP contribution >= 0.6 is 34.8 Å². The van der Waals surface area contributed by atoms with Gasteiger partial charge < -0.3 is 11.1 Å². The van der Waals surface area contributed by atoms with Crippen molar-refractivity contribution in [3.8, 4) is 0 Å². The van der Waals surface area contributed by atoms with Crippen LogP contribution in [0.1, 0.15) is 31.8 Å². The van der Waals surface area contributed by atoms with Crippen molar-refractivity contribution in [2.75, 3.05) is 5.32 Å².